The van der Waals surface area contributed by atoms with E-state index in [1.54, 1.807) is 55.5 Å². The van der Waals surface area contributed by atoms with E-state index in [9.17, 15) is 4.79 Å². The number of hydrogen-bond acceptors (Lipinski definition) is 7. The summed E-state index contributed by atoms with van der Waals surface area (Å²) in [5.74, 6) is -0.522. The van der Waals surface area contributed by atoms with Crippen molar-refractivity contribution >= 4 is 22.6 Å². The van der Waals surface area contributed by atoms with Gasteiger partial charge in [0.25, 0.3) is 0 Å². The first-order chi connectivity index (χ1) is 11.6. The van der Waals surface area contributed by atoms with Crippen LogP contribution in [0.3, 0.4) is 0 Å². The lowest BCUT2D eigenvalue weighted by Gasteiger charge is -2.07. The van der Waals surface area contributed by atoms with Gasteiger partial charge in [-0.15, -0.1) is 0 Å². The van der Waals surface area contributed by atoms with Crippen LogP contribution in [0.4, 0.5) is 5.69 Å². The molecule has 0 amide bonds. The van der Waals surface area contributed by atoms with Crippen molar-refractivity contribution in [3.05, 3.63) is 47.3 Å². The highest BCUT2D eigenvalue weighted by Crippen LogP contribution is 2.20. The van der Waals surface area contributed by atoms with Crippen LogP contribution < -0.4 is 5.32 Å². The van der Waals surface area contributed by atoms with Gasteiger partial charge in [-0.1, -0.05) is 12.1 Å². The molecule has 0 bridgehead atoms. The van der Waals surface area contributed by atoms with Gasteiger partial charge in [-0.25, -0.2) is 9.78 Å². The molecule has 7 nitrogen and oxygen atoms in total. The molecule has 0 aliphatic rings. The Hall–Kier alpha value is -3.89. The van der Waals surface area contributed by atoms with Gasteiger partial charge >= 0.3 is 5.97 Å². The van der Waals surface area contributed by atoms with Crippen molar-refractivity contribution in [2.24, 2.45) is 0 Å². The summed E-state index contributed by atoms with van der Waals surface area (Å²) < 4.78 is 4.91. The maximum atomic E-state index is 11.7. The van der Waals surface area contributed by atoms with E-state index in [0.717, 1.165) is 5.39 Å². The number of ether oxygens (including phenoxy) is 1. The van der Waals surface area contributed by atoms with E-state index >= 15 is 0 Å². The summed E-state index contributed by atoms with van der Waals surface area (Å²) in [6, 6.07) is 13.4. The zero-order chi connectivity index (χ0) is 17.5. The number of esters is 1. The van der Waals surface area contributed by atoms with E-state index in [4.69, 9.17) is 20.5 Å². The van der Waals surface area contributed by atoms with E-state index in [1.165, 1.54) is 0 Å². The molecule has 1 heterocycles. The standard InChI is InChI=1S/C17H11N5O2/c1-2-24-17(23)14-6-4-11-3-5-13(7-15(11)22-14)21-16(10-20)12(8-18)9-19/h3-7,21H,2H2,1H3. The van der Waals surface area contributed by atoms with Crippen molar-refractivity contribution < 1.29 is 9.53 Å². The number of benzene rings is 1. The highest BCUT2D eigenvalue weighted by Gasteiger charge is 2.10. The summed E-state index contributed by atoms with van der Waals surface area (Å²) in [7, 11) is 0. The van der Waals surface area contributed by atoms with E-state index in [1.807, 2.05) is 0 Å². The van der Waals surface area contributed by atoms with Gasteiger partial charge in [-0.3, -0.25) is 0 Å². The predicted molar refractivity (Wildman–Crippen MR) is 85.2 cm³/mol. The Kier molecular flexibility index (Phi) is 5.08. The average Bonchev–Trinajstić information content (AvgIpc) is 2.61. The van der Waals surface area contributed by atoms with Crippen LogP contribution >= 0.6 is 0 Å². The highest BCUT2D eigenvalue weighted by atomic mass is 16.5. The number of nitriles is 3. The van der Waals surface area contributed by atoms with Crippen molar-refractivity contribution in [3.8, 4) is 18.2 Å². The maximum absolute atomic E-state index is 11.7. The van der Waals surface area contributed by atoms with Crippen molar-refractivity contribution in [1.29, 1.82) is 15.8 Å². The monoisotopic (exact) mass is 317 g/mol. The van der Waals surface area contributed by atoms with Crippen molar-refractivity contribution in [2.75, 3.05) is 11.9 Å². The number of nitrogens with zero attached hydrogens (tertiary/aromatic N) is 4. The van der Waals surface area contributed by atoms with Gasteiger partial charge in [0, 0.05) is 11.1 Å². The van der Waals surface area contributed by atoms with Crippen LogP contribution in [0, 0.1) is 34.0 Å². The normalized spacial score (nSPS) is 9.25. The number of allylic oxidation sites excluding steroid dienone is 2. The number of anilines is 1. The van der Waals surface area contributed by atoms with E-state index in [0.29, 0.717) is 11.2 Å². The van der Waals surface area contributed by atoms with E-state index in [-0.39, 0.29) is 23.6 Å². The SMILES string of the molecule is CCOC(=O)c1ccc2ccc(NC(C#N)=C(C#N)C#N)cc2n1. The van der Waals surface area contributed by atoms with Crippen LogP contribution in [-0.4, -0.2) is 17.6 Å². The second-order valence-corrected chi connectivity index (χ2v) is 4.53. The first-order valence-electron chi connectivity index (χ1n) is 6.92. The molecule has 0 spiro atoms. The first-order valence-corrected chi connectivity index (χ1v) is 6.92. The Morgan fingerprint density at radius 3 is 2.50 bits per heavy atom. The third kappa shape index (κ3) is 3.47. The van der Waals surface area contributed by atoms with Gasteiger partial charge in [0.05, 0.1) is 12.1 Å². The summed E-state index contributed by atoms with van der Waals surface area (Å²) in [5.41, 5.74) is 0.688. The molecule has 7 heteroatoms. The number of carbonyl (C=O) groups excluding carboxylic acids is 1. The van der Waals surface area contributed by atoms with E-state index in [2.05, 4.69) is 10.3 Å². The molecular formula is C17H11N5O2. The Balaban J connectivity index is 2.42. The third-order valence-corrected chi connectivity index (χ3v) is 3.03. The minimum absolute atomic E-state index is 0.152. The molecule has 1 N–H and O–H groups in total. The lowest BCUT2D eigenvalue weighted by Crippen LogP contribution is -2.07. The molecule has 0 radical (unpaired) electrons. The minimum Gasteiger partial charge on any atom is -0.461 e. The van der Waals surface area contributed by atoms with Crippen LogP contribution in [-0.2, 0) is 4.74 Å². The Bertz CT molecular complexity index is 942. The molecule has 2 rings (SSSR count). The van der Waals surface area contributed by atoms with Crippen LogP contribution in [0.15, 0.2) is 41.6 Å². The molecule has 0 aliphatic heterocycles. The summed E-state index contributed by atoms with van der Waals surface area (Å²) in [6.45, 7) is 1.96. The molecule has 1 aromatic carbocycles. The van der Waals surface area contributed by atoms with E-state index < -0.39 is 5.97 Å². The van der Waals surface area contributed by atoms with Gasteiger partial charge in [0.2, 0.25) is 0 Å². The van der Waals surface area contributed by atoms with Crippen molar-refractivity contribution in [1.82, 2.24) is 4.98 Å². The Labute approximate surface area is 138 Å². The Morgan fingerprint density at radius 2 is 1.88 bits per heavy atom. The zero-order valence-corrected chi connectivity index (χ0v) is 12.7. The fraction of sp³-hybridized carbons (Fsp3) is 0.118. The second kappa shape index (κ2) is 7.40. The number of hydrogen-bond donors (Lipinski definition) is 1. The van der Waals surface area contributed by atoms with Gasteiger partial charge in [0.1, 0.15) is 29.6 Å². The molecule has 0 fully saturated rings. The molecule has 0 aliphatic carbocycles. The summed E-state index contributed by atoms with van der Waals surface area (Å²) in [6.07, 6.45) is 0. The van der Waals surface area contributed by atoms with Crippen molar-refractivity contribution in [3.63, 3.8) is 0 Å². The number of nitrogens with one attached hydrogen (secondary N) is 1. The lowest BCUT2D eigenvalue weighted by molar-refractivity contribution is 0.0520. The molecule has 0 unspecified atom stereocenters. The van der Waals surface area contributed by atoms with Crippen LogP contribution in [0.1, 0.15) is 17.4 Å². The lowest BCUT2D eigenvalue weighted by atomic mass is 10.1. The maximum Gasteiger partial charge on any atom is 0.356 e. The summed E-state index contributed by atoms with van der Waals surface area (Å²) in [5, 5.41) is 30.2. The molecule has 2 aromatic rings. The number of pyridine rings is 1. The molecule has 0 saturated heterocycles. The van der Waals surface area contributed by atoms with Gasteiger partial charge in [-0.2, -0.15) is 15.8 Å². The number of aromatic nitrogens is 1. The van der Waals surface area contributed by atoms with Gasteiger partial charge in [-0.05, 0) is 25.1 Å². The molecular weight excluding hydrogens is 306 g/mol. The topological polar surface area (TPSA) is 123 Å². The van der Waals surface area contributed by atoms with Gasteiger partial charge < -0.3 is 10.1 Å². The smallest absolute Gasteiger partial charge is 0.356 e. The predicted octanol–water partition coefficient (Wildman–Crippen LogP) is 2.65. The van der Waals surface area contributed by atoms with Gasteiger partial charge in [0.15, 0.2) is 5.57 Å². The number of carbonyl (C=O) groups is 1. The summed E-state index contributed by atoms with van der Waals surface area (Å²) >= 11 is 0. The van der Waals surface area contributed by atoms with Crippen LogP contribution in [0.2, 0.25) is 0 Å². The quantitative estimate of drug-likeness (QED) is 0.679. The third-order valence-electron chi connectivity index (χ3n) is 3.03. The summed E-state index contributed by atoms with van der Waals surface area (Å²) in [4.78, 5) is 16.0. The van der Waals surface area contributed by atoms with Crippen LogP contribution in [0.25, 0.3) is 10.9 Å². The molecule has 1 aromatic heterocycles. The number of fused-ring (bicyclic) bond motifs is 1. The second-order valence-electron chi connectivity index (χ2n) is 4.53. The zero-order valence-electron chi connectivity index (χ0n) is 12.7. The van der Waals surface area contributed by atoms with Crippen molar-refractivity contribution in [2.45, 2.75) is 6.92 Å². The molecule has 0 atom stereocenters. The fourth-order valence-electron chi connectivity index (χ4n) is 1.94. The Morgan fingerprint density at radius 1 is 1.17 bits per heavy atom. The highest BCUT2D eigenvalue weighted by molar-refractivity contribution is 5.92. The number of rotatable bonds is 4. The first kappa shape index (κ1) is 16.5. The molecule has 116 valence electrons. The molecule has 24 heavy (non-hydrogen) atoms. The van der Waals surface area contributed by atoms with Crippen LogP contribution in [0.5, 0.6) is 0 Å². The molecule has 0 saturated carbocycles. The average molecular weight is 317 g/mol. The largest absolute Gasteiger partial charge is 0.461 e. The fourth-order valence-corrected chi connectivity index (χ4v) is 1.94. The minimum atomic E-state index is -0.522.